The first kappa shape index (κ1) is 108. The van der Waals surface area contributed by atoms with Crippen LogP contribution >= 0.6 is 33.5 Å². The molecule has 0 saturated carbocycles. The van der Waals surface area contributed by atoms with Crippen LogP contribution < -0.4 is 5.32 Å². The third-order valence-electron chi connectivity index (χ3n) is 13.1. The van der Waals surface area contributed by atoms with Crippen LogP contribution in [0.25, 0.3) is 0 Å². The molecule has 2 heterocycles. The van der Waals surface area contributed by atoms with Crippen molar-refractivity contribution in [3.63, 3.8) is 0 Å². The molecular weight excluding hydrogens is 1420 g/mol. The predicted octanol–water partition coefficient (Wildman–Crippen LogP) is 16.6. The first-order valence-electron chi connectivity index (χ1n) is 35.7. The second-order valence-corrected chi connectivity index (χ2v) is 38.4. The summed E-state index contributed by atoms with van der Waals surface area (Å²) in [5.74, 6) is 0. The van der Waals surface area contributed by atoms with Crippen LogP contribution in [0.5, 0.6) is 0 Å². The first-order valence-corrected chi connectivity index (χ1v) is 40.0. The summed E-state index contributed by atoms with van der Waals surface area (Å²) in [6.07, 6.45) is 1.32. The van der Waals surface area contributed by atoms with Gasteiger partial charge in [-0.3, -0.25) is 28.3 Å². The average Bonchev–Trinajstić information content (AvgIpc) is 0.830. The van der Waals surface area contributed by atoms with Crippen LogP contribution in [0.4, 0.5) is 4.79 Å². The maximum Gasteiger partial charge on any atom is 0.410 e. The Labute approximate surface area is 641 Å². The average molecular weight is 1570 g/mol. The Morgan fingerprint density at radius 1 is 0.457 bits per heavy atom. The van der Waals surface area contributed by atoms with E-state index in [2.05, 4.69) is 163 Å². The maximum absolute atomic E-state index is 13.9. The van der Waals surface area contributed by atoms with Gasteiger partial charge in [-0.1, -0.05) is 96.3 Å². The molecule has 2 aromatic rings. The van der Waals surface area contributed by atoms with Crippen molar-refractivity contribution in [1.29, 1.82) is 0 Å². The van der Waals surface area contributed by atoms with Crippen molar-refractivity contribution in [1.82, 2.24) is 39.4 Å². The summed E-state index contributed by atoms with van der Waals surface area (Å²) >= 11 is 0. The monoisotopic (exact) mass is 1570 g/mol. The Morgan fingerprint density at radius 3 is 1.18 bits per heavy atom. The van der Waals surface area contributed by atoms with Crippen LogP contribution in [0, 0.1) is 5.41 Å². The lowest BCUT2D eigenvalue weighted by molar-refractivity contribution is -0.193. The number of nitrogens with one attached hydrogen (secondary N) is 1. The van der Waals surface area contributed by atoms with E-state index in [4.69, 9.17) is 60.5 Å². The number of benzene rings is 2. The number of carbonyl (C=O) groups is 1. The second kappa shape index (κ2) is 53.6. The van der Waals surface area contributed by atoms with Gasteiger partial charge in [-0.05, 0) is 189 Å². The van der Waals surface area contributed by atoms with Crippen LogP contribution in [-0.4, -0.2) is 235 Å². The highest BCUT2D eigenvalue weighted by Gasteiger charge is 2.38. The molecule has 2 fully saturated rings. The van der Waals surface area contributed by atoms with Crippen LogP contribution in [0.1, 0.15) is 213 Å². The van der Waals surface area contributed by atoms with Gasteiger partial charge in [-0.2, -0.15) is 19.2 Å². The SMILES string of the molecule is C.C.CC(C)(C)CN1CCN(COP=O)CCNCCN(CP(=O)(OC(C)(C)C)OC(C)(C)C)CC1.CC(C)(C)OC(C)(C)C.CC(C)(C)OC(C)(C)C.CC(C)(C)OP(OC(C)(C)C)N1CCN(CCc2ccccc2)CCN(COP=O)CCN(C(=O)OCc2ccccc2)CC1.O=C=O.O=C=O. The van der Waals surface area contributed by atoms with Gasteiger partial charge >= 0.3 is 43.4 Å². The summed E-state index contributed by atoms with van der Waals surface area (Å²) in [4.78, 5) is 59.1. The Hall–Kier alpha value is -3.27. The molecule has 0 bridgehead atoms. The number of hydrogen-bond acceptors (Lipinski definition) is 24. The highest BCUT2D eigenvalue weighted by Crippen LogP contribution is 2.55. The molecule has 0 unspecified atom stereocenters. The minimum Gasteiger partial charge on any atom is -0.445 e. The summed E-state index contributed by atoms with van der Waals surface area (Å²) in [6.45, 7) is 69.2. The molecule has 2 aliphatic rings. The van der Waals surface area contributed by atoms with Crippen molar-refractivity contribution < 1.29 is 79.0 Å². The number of amides is 1. The van der Waals surface area contributed by atoms with E-state index in [9.17, 15) is 18.5 Å². The standard InChI is InChI=1S/C33H52N4O6P2.C23H50N4O5P2.2C8H18O.2CO2.2CH4/c1-32(2,3)42-45(43-33(4,5)6)37-25-22-34(18-17-29-13-9-7-10-14-29)19-20-35(28-41-44-39)21-23-36(24-26-37)31(38)40-27-30-15-11-8-12-16-30;1-21(2,3)18-25-14-16-26(19-30-33-28)12-10-24-11-13-27(17-15-25)20-34(29,31-22(4,5)6)32-23(7,8)9;2*1-7(2,3)9-8(4,5)6;2*2-1-3;;/h7-16H,17-28H2,1-6H3;24H,10-20H2,1-9H3;2*1-6H3;;;2*1H4. The van der Waals surface area contributed by atoms with Gasteiger partial charge in [-0.25, -0.2) is 18.6 Å². The zero-order chi connectivity index (χ0) is 79.6. The van der Waals surface area contributed by atoms with Crippen molar-refractivity contribution in [2.45, 2.75) is 260 Å². The molecule has 25 nitrogen and oxygen atoms in total. The number of nitrogens with zero attached hydrogens (tertiary/aromatic N) is 7. The first-order chi connectivity index (χ1) is 47.2. The lowest BCUT2D eigenvalue weighted by Crippen LogP contribution is -2.47. The quantitative estimate of drug-likeness (QED) is 0.128. The number of hydrogen-bond donors (Lipinski definition) is 1. The van der Waals surface area contributed by atoms with E-state index < -0.39 is 38.5 Å². The van der Waals surface area contributed by atoms with Gasteiger partial charge in [0.1, 0.15) is 26.4 Å². The molecule has 0 aliphatic carbocycles. The lowest BCUT2D eigenvalue weighted by Gasteiger charge is -2.39. The van der Waals surface area contributed by atoms with Gasteiger partial charge in [-0.15, -0.1) is 0 Å². The van der Waals surface area contributed by atoms with E-state index in [0.717, 1.165) is 90.5 Å². The molecule has 2 aromatic carbocycles. The lowest BCUT2D eigenvalue weighted by atomic mass is 9.96. The molecule has 1 N–H and O–H groups in total. The van der Waals surface area contributed by atoms with Crippen LogP contribution in [-0.2, 0) is 87.3 Å². The molecule has 612 valence electrons. The molecule has 0 atom stereocenters. The van der Waals surface area contributed by atoms with Crippen molar-refractivity contribution in [2.75, 3.05) is 138 Å². The van der Waals surface area contributed by atoms with Crippen LogP contribution in [0.3, 0.4) is 0 Å². The number of ether oxygens (including phenoxy) is 3. The van der Waals surface area contributed by atoms with Crippen molar-refractivity contribution in [3.05, 3.63) is 71.8 Å². The van der Waals surface area contributed by atoms with E-state index >= 15 is 0 Å². The van der Waals surface area contributed by atoms with Crippen molar-refractivity contribution in [2.24, 2.45) is 5.41 Å². The fraction of sp³-hybridized carbons (Fsp3) is 0.803. The molecule has 0 aromatic heterocycles. The molecule has 29 heteroatoms. The molecular formula is C76H146N8O17P4. The Morgan fingerprint density at radius 2 is 0.800 bits per heavy atom. The Kier molecular flexibility index (Phi) is 55.2. The van der Waals surface area contributed by atoms with Crippen molar-refractivity contribution >= 4 is 51.9 Å². The summed E-state index contributed by atoms with van der Waals surface area (Å²) in [7, 11) is -5.45. The van der Waals surface area contributed by atoms with Crippen LogP contribution in [0.15, 0.2) is 60.7 Å². The number of rotatable bonds is 19. The summed E-state index contributed by atoms with van der Waals surface area (Å²) in [6, 6.07) is 20.2. The molecule has 0 spiro atoms. The van der Waals surface area contributed by atoms with E-state index in [1.165, 1.54) is 5.56 Å². The molecule has 105 heavy (non-hydrogen) atoms. The minimum absolute atomic E-state index is 0. The summed E-state index contributed by atoms with van der Waals surface area (Å²) in [5.41, 5.74) is 0.350. The largest absolute Gasteiger partial charge is 0.445 e. The normalized spacial score (nSPS) is 16.5. The van der Waals surface area contributed by atoms with E-state index in [1.807, 2.05) is 119 Å². The topological polar surface area (TPSA) is 254 Å². The van der Waals surface area contributed by atoms with E-state index in [1.54, 1.807) is 4.90 Å². The van der Waals surface area contributed by atoms with Gasteiger partial charge < -0.3 is 52.3 Å². The van der Waals surface area contributed by atoms with Crippen molar-refractivity contribution in [3.8, 4) is 0 Å². The highest BCUT2D eigenvalue weighted by molar-refractivity contribution is 7.53. The summed E-state index contributed by atoms with van der Waals surface area (Å²) in [5, 5.41) is 3.47. The van der Waals surface area contributed by atoms with Gasteiger partial charge in [0.05, 0.1) is 44.8 Å². The third kappa shape index (κ3) is 67.4. The molecule has 4 rings (SSSR count). The summed E-state index contributed by atoms with van der Waals surface area (Å²) < 4.78 is 90.7. The second-order valence-electron chi connectivity index (χ2n) is 34.3. The van der Waals surface area contributed by atoms with Gasteiger partial charge in [0, 0.05) is 118 Å². The molecule has 2 saturated heterocycles. The Bertz CT molecular complexity index is 2600. The predicted molar refractivity (Wildman–Crippen MR) is 424 cm³/mol. The maximum atomic E-state index is 13.9. The van der Waals surface area contributed by atoms with E-state index in [0.29, 0.717) is 46.0 Å². The number of carbonyl (C=O) groups excluding carboxylic acids is 5. The van der Waals surface area contributed by atoms with E-state index in [-0.39, 0.29) is 98.1 Å². The van der Waals surface area contributed by atoms with Crippen LogP contribution in [0.2, 0.25) is 0 Å². The zero-order valence-electron chi connectivity index (χ0n) is 68.4. The third-order valence-corrected chi connectivity index (χ3v) is 18.2. The fourth-order valence-corrected chi connectivity index (χ4v) is 15.1. The fourth-order valence-electron chi connectivity index (χ4n) is 10.3. The Balaban J connectivity index is -0.000000741. The highest BCUT2D eigenvalue weighted by atomic mass is 31.2. The molecule has 0 radical (unpaired) electrons. The van der Waals surface area contributed by atoms with Gasteiger partial charge in [0.15, 0.2) is 0 Å². The van der Waals surface area contributed by atoms with Gasteiger partial charge in [0.25, 0.3) is 8.53 Å². The smallest absolute Gasteiger partial charge is 0.410 e. The zero-order valence-corrected chi connectivity index (χ0v) is 72.0. The minimum atomic E-state index is -3.37. The molecule has 2 aliphatic heterocycles. The molecule has 1 amide bonds. The van der Waals surface area contributed by atoms with Gasteiger partial charge in [0.2, 0.25) is 0 Å².